The monoisotopic (exact) mass is 291 g/mol. The van der Waals surface area contributed by atoms with Crippen LogP contribution in [0.1, 0.15) is 10.4 Å². The first-order chi connectivity index (χ1) is 6.93. The van der Waals surface area contributed by atoms with E-state index in [1.807, 2.05) is 0 Å². The molecule has 0 aliphatic rings. The van der Waals surface area contributed by atoms with Crippen LogP contribution in [0.15, 0.2) is 27.6 Å². The van der Waals surface area contributed by atoms with E-state index in [-0.39, 0.29) is 10.8 Å². The van der Waals surface area contributed by atoms with Crippen LogP contribution < -0.4 is 0 Å². The van der Waals surface area contributed by atoms with Crippen molar-refractivity contribution in [1.29, 1.82) is 0 Å². The van der Waals surface area contributed by atoms with Gasteiger partial charge in [0.1, 0.15) is 0 Å². The molecule has 0 aliphatic carbocycles. The molecule has 0 aliphatic heterocycles. The van der Waals surface area contributed by atoms with Gasteiger partial charge in [-0.05, 0) is 34.1 Å². The zero-order valence-electron chi connectivity index (χ0n) is 8.23. The van der Waals surface area contributed by atoms with Crippen LogP contribution in [0.2, 0.25) is 0 Å². The largest absolute Gasteiger partial charge is 0.345 e. The van der Waals surface area contributed by atoms with Crippen LogP contribution in [0.5, 0.6) is 0 Å². The van der Waals surface area contributed by atoms with Crippen molar-refractivity contribution >= 4 is 32.5 Å². The maximum Gasteiger partial charge on any atom is 0.253 e. The summed E-state index contributed by atoms with van der Waals surface area (Å²) in [5.74, 6) is -0.222. The van der Waals surface area contributed by atoms with Gasteiger partial charge < -0.3 is 4.90 Å². The fraction of sp³-hybridized carbons (Fsp3) is 0.222. The number of carbonyl (C=O) groups excluding carboxylic acids is 1. The van der Waals surface area contributed by atoms with Gasteiger partial charge in [0, 0.05) is 24.1 Å². The lowest BCUT2D eigenvalue weighted by Crippen LogP contribution is -2.21. The molecule has 0 saturated heterocycles. The van der Waals surface area contributed by atoms with E-state index in [1.165, 1.54) is 11.0 Å². The number of amides is 1. The fourth-order valence-corrected chi connectivity index (χ4v) is 2.22. The van der Waals surface area contributed by atoms with Crippen LogP contribution in [0, 0.1) is 0 Å². The number of hydrogen-bond donors (Lipinski definition) is 1. The predicted molar refractivity (Wildman–Crippen MR) is 60.7 cm³/mol. The molecular weight excluding hydrogens is 282 g/mol. The number of halogens is 1. The van der Waals surface area contributed by atoms with E-state index >= 15 is 0 Å². The molecule has 0 radical (unpaired) electrons. The van der Waals surface area contributed by atoms with Gasteiger partial charge >= 0.3 is 0 Å². The third-order valence-corrected chi connectivity index (χ3v) is 3.56. The van der Waals surface area contributed by atoms with Crippen molar-refractivity contribution in [2.45, 2.75) is 4.90 Å². The summed E-state index contributed by atoms with van der Waals surface area (Å²) >= 11 is 3.11. The molecule has 0 saturated carbocycles. The molecular formula is C9H10BrNO3S. The molecule has 1 aromatic carbocycles. The van der Waals surface area contributed by atoms with Gasteiger partial charge in [0.2, 0.25) is 0 Å². The van der Waals surface area contributed by atoms with Crippen molar-refractivity contribution in [2.24, 2.45) is 0 Å². The second-order valence-corrected chi connectivity index (χ2v) is 4.97. The Balaban J connectivity index is 3.25. The Kier molecular flexibility index (Phi) is 3.87. The summed E-state index contributed by atoms with van der Waals surface area (Å²) in [5.41, 5.74) is 0.359. The lowest BCUT2D eigenvalue weighted by molar-refractivity contribution is 0.0827. The van der Waals surface area contributed by atoms with E-state index in [2.05, 4.69) is 15.9 Å². The number of carbonyl (C=O) groups is 1. The molecule has 0 bridgehead atoms. The summed E-state index contributed by atoms with van der Waals surface area (Å²) in [6, 6.07) is 4.49. The lowest BCUT2D eigenvalue weighted by Gasteiger charge is -2.10. The maximum absolute atomic E-state index is 11.5. The van der Waals surface area contributed by atoms with Gasteiger partial charge in [0.15, 0.2) is 10.7 Å². The van der Waals surface area contributed by atoms with Crippen molar-refractivity contribution in [2.75, 3.05) is 14.1 Å². The van der Waals surface area contributed by atoms with E-state index in [9.17, 15) is 13.2 Å². The van der Waals surface area contributed by atoms with E-state index in [1.54, 1.807) is 26.2 Å². The van der Waals surface area contributed by atoms with Gasteiger partial charge in [-0.25, -0.2) is 8.42 Å². The quantitative estimate of drug-likeness (QED) is 0.831. The van der Waals surface area contributed by atoms with E-state index in [0.29, 0.717) is 10.0 Å². The molecule has 0 aromatic heterocycles. The second-order valence-electron chi connectivity index (χ2n) is 3.12. The SMILES string of the molecule is CN(C)C(=O)c1ccc(Br)c([SH](=O)=O)c1. The van der Waals surface area contributed by atoms with Gasteiger partial charge in [-0.1, -0.05) is 0 Å². The lowest BCUT2D eigenvalue weighted by atomic mass is 10.2. The Bertz CT molecular complexity index is 460. The van der Waals surface area contributed by atoms with Crippen molar-refractivity contribution in [1.82, 2.24) is 4.90 Å². The third kappa shape index (κ3) is 2.79. The standard InChI is InChI=1S/C9H10BrNO3S/c1-11(2)9(12)6-3-4-7(10)8(5-6)15(13)14/h3-5,15H,1-2H3. The smallest absolute Gasteiger partial charge is 0.253 e. The number of rotatable bonds is 2. The van der Waals surface area contributed by atoms with Crippen molar-refractivity contribution in [3.8, 4) is 0 Å². The summed E-state index contributed by atoms with van der Waals surface area (Å²) in [6.45, 7) is 0. The van der Waals surface area contributed by atoms with E-state index in [4.69, 9.17) is 0 Å². The van der Waals surface area contributed by atoms with Crippen LogP contribution >= 0.6 is 15.9 Å². The predicted octanol–water partition coefficient (Wildman–Crippen LogP) is 1.12. The molecule has 4 nitrogen and oxygen atoms in total. The van der Waals surface area contributed by atoms with Crippen molar-refractivity contribution < 1.29 is 13.2 Å². The molecule has 6 heteroatoms. The van der Waals surface area contributed by atoms with E-state index < -0.39 is 10.7 Å². The van der Waals surface area contributed by atoms with Gasteiger partial charge in [-0.2, -0.15) is 0 Å². The normalized spacial score (nSPS) is 10.4. The van der Waals surface area contributed by atoms with Crippen LogP contribution in [-0.2, 0) is 10.7 Å². The highest BCUT2D eigenvalue weighted by molar-refractivity contribution is 9.10. The Morgan fingerprint density at radius 3 is 2.40 bits per heavy atom. The zero-order chi connectivity index (χ0) is 11.6. The average molecular weight is 292 g/mol. The molecule has 0 N–H and O–H groups in total. The first kappa shape index (κ1) is 12.2. The Labute approximate surface area is 98.0 Å². The average Bonchev–Trinajstić information content (AvgIpc) is 2.16. The maximum atomic E-state index is 11.5. The Morgan fingerprint density at radius 1 is 1.33 bits per heavy atom. The van der Waals surface area contributed by atoms with Gasteiger partial charge in [0.25, 0.3) is 5.91 Å². The summed E-state index contributed by atoms with van der Waals surface area (Å²) in [6.07, 6.45) is 0. The summed E-state index contributed by atoms with van der Waals surface area (Å²) in [4.78, 5) is 13.1. The molecule has 1 amide bonds. The number of hydrogen-bond acceptors (Lipinski definition) is 3. The first-order valence-corrected chi connectivity index (χ1v) is 6.06. The van der Waals surface area contributed by atoms with Gasteiger partial charge in [-0.15, -0.1) is 0 Å². The Morgan fingerprint density at radius 2 is 1.93 bits per heavy atom. The molecule has 0 atom stereocenters. The molecule has 1 aromatic rings. The molecule has 0 spiro atoms. The summed E-state index contributed by atoms with van der Waals surface area (Å²) < 4.78 is 22.2. The molecule has 82 valence electrons. The van der Waals surface area contributed by atoms with Gasteiger partial charge in [-0.3, -0.25) is 4.79 Å². The molecule has 0 heterocycles. The highest BCUT2D eigenvalue weighted by Gasteiger charge is 2.11. The fourth-order valence-electron chi connectivity index (χ4n) is 1.04. The highest BCUT2D eigenvalue weighted by atomic mass is 79.9. The number of nitrogens with zero attached hydrogens (tertiary/aromatic N) is 1. The van der Waals surface area contributed by atoms with Crippen molar-refractivity contribution in [3.63, 3.8) is 0 Å². The third-order valence-electron chi connectivity index (χ3n) is 1.80. The molecule has 0 unspecified atom stereocenters. The summed E-state index contributed by atoms with van der Waals surface area (Å²) in [5, 5.41) is 0. The topological polar surface area (TPSA) is 54.5 Å². The van der Waals surface area contributed by atoms with E-state index in [0.717, 1.165) is 0 Å². The number of benzene rings is 1. The Hall–Kier alpha value is -0.880. The van der Waals surface area contributed by atoms with Crippen LogP contribution in [0.3, 0.4) is 0 Å². The minimum absolute atomic E-state index is 0.123. The second kappa shape index (κ2) is 4.76. The minimum Gasteiger partial charge on any atom is -0.345 e. The van der Waals surface area contributed by atoms with Crippen molar-refractivity contribution in [3.05, 3.63) is 28.2 Å². The minimum atomic E-state index is -2.69. The first-order valence-electron chi connectivity index (χ1n) is 4.09. The summed E-state index contributed by atoms with van der Waals surface area (Å²) in [7, 11) is 0.530. The van der Waals surface area contributed by atoms with Crippen LogP contribution in [0.25, 0.3) is 0 Å². The molecule has 0 fully saturated rings. The molecule has 15 heavy (non-hydrogen) atoms. The van der Waals surface area contributed by atoms with Crippen LogP contribution in [-0.4, -0.2) is 33.3 Å². The number of thiol groups is 1. The van der Waals surface area contributed by atoms with Crippen LogP contribution in [0.4, 0.5) is 0 Å². The highest BCUT2D eigenvalue weighted by Crippen LogP contribution is 2.20. The van der Waals surface area contributed by atoms with Gasteiger partial charge in [0.05, 0.1) is 4.90 Å². The molecule has 1 rings (SSSR count). The zero-order valence-corrected chi connectivity index (χ0v) is 10.7.